The summed E-state index contributed by atoms with van der Waals surface area (Å²) in [5.41, 5.74) is 1.03. The molecule has 0 aromatic carbocycles. The molecule has 0 bridgehead atoms. The number of nitrogens with zero attached hydrogens (tertiary/aromatic N) is 1. The fourth-order valence-electron chi connectivity index (χ4n) is 2.88. The number of piperidine rings is 1. The fraction of sp³-hybridized carbons (Fsp3) is 0.714. The summed E-state index contributed by atoms with van der Waals surface area (Å²) < 4.78 is 0.753. The summed E-state index contributed by atoms with van der Waals surface area (Å²) in [6.07, 6.45) is 5.36. The molecule has 1 saturated heterocycles. The Morgan fingerprint density at radius 2 is 2.10 bits per heavy atom. The molecule has 4 nitrogen and oxygen atoms in total. The number of rotatable bonds is 4. The minimum absolute atomic E-state index is 0.128. The number of carbonyl (C=O) groups is 1. The average molecular weight is 311 g/mol. The summed E-state index contributed by atoms with van der Waals surface area (Å²) in [5, 5.41) is 3.18. The van der Waals surface area contributed by atoms with Crippen molar-refractivity contribution in [2.75, 3.05) is 13.1 Å². The third-order valence-electron chi connectivity index (χ3n) is 4.20. The number of likely N-dealkylation sites (tertiary alicyclic amines) is 1. The second kappa shape index (κ2) is 5.95. The van der Waals surface area contributed by atoms with E-state index in [0.717, 1.165) is 46.5 Å². The first kappa shape index (κ1) is 14.2. The maximum absolute atomic E-state index is 12.1. The van der Waals surface area contributed by atoms with Crippen LogP contribution in [0.25, 0.3) is 0 Å². The van der Waals surface area contributed by atoms with E-state index in [1.807, 2.05) is 6.92 Å². The molecule has 1 aliphatic carbocycles. The van der Waals surface area contributed by atoms with Crippen LogP contribution in [0.4, 0.5) is 0 Å². The second-order valence-electron chi connectivity index (χ2n) is 5.85. The Morgan fingerprint density at radius 1 is 1.40 bits per heavy atom. The smallest absolute Gasteiger partial charge is 0.225 e. The molecular weight excluding hydrogens is 290 g/mol. The highest BCUT2D eigenvalue weighted by atomic mass is 32.1. The van der Waals surface area contributed by atoms with Gasteiger partial charge in [-0.15, -0.1) is 11.3 Å². The van der Waals surface area contributed by atoms with Gasteiger partial charge in [-0.3, -0.25) is 4.79 Å². The zero-order valence-corrected chi connectivity index (χ0v) is 13.4. The first-order valence-corrected chi connectivity index (χ1v) is 8.56. The van der Waals surface area contributed by atoms with Crippen molar-refractivity contribution in [3.05, 3.63) is 14.5 Å². The van der Waals surface area contributed by atoms with Crippen LogP contribution in [0.5, 0.6) is 0 Å². The Labute approximate surface area is 128 Å². The average Bonchev–Trinajstić information content (AvgIpc) is 3.18. The van der Waals surface area contributed by atoms with Crippen molar-refractivity contribution in [3.63, 3.8) is 0 Å². The number of aromatic nitrogens is 1. The molecule has 1 aromatic rings. The van der Waals surface area contributed by atoms with Crippen LogP contribution in [0.15, 0.2) is 0 Å². The molecular formula is C14H21N3OS2. The van der Waals surface area contributed by atoms with E-state index in [1.54, 1.807) is 0 Å². The van der Waals surface area contributed by atoms with E-state index in [1.165, 1.54) is 24.2 Å². The molecule has 2 heterocycles. The molecule has 0 unspecified atom stereocenters. The van der Waals surface area contributed by atoms with Crippen LogP contribution >= 0.6 is 23.6 Å². The van der Waals surface area contributed by atoms with Gasteiger partial charge >= 0.3 is 0 Å². The first-order valence-electron chi connectivity index (χ1n) is 7.34. The monoisotopic (exact) mass is 311 g/mol. The van der Waals surface area contributed by atoms with Crippen LogP contribution in [-0.4, -0.2) is 41.0 Å². The number of thiazole rings is 1. The number of carbonyl (C=O) groups excluding carboxylic acids is 1. The van der Waals surface area contributed by atoms with Gasteiger partial charge in [-0.05, 0) is 44.8 Å². The van der Waals surface area contributed by atoms with Crippen LogP contribution in [0.3, 0.4) is 0 Å². The molecule has 0 radical (unpaired) electrons. The maximum Gasteiger partial charge on any atom is 0.225 e. The summed E-state index contributed by atoms with van der Waals surface area (Å²) in [6.45, 7) is 4.25. The lowest BCUT2D eigenvalue weighted by Gasteiger charge is -2.32. The van der Waals surface area contributed by atoms with E-state index in [0.29, 0.717) is 12.5 Å². The molecule has 0 spiro atoms. The Kier molecular flexibility index (Phi) is 4.23. The Hall–Kier alpha value is -0.720. The summed E-state index contributed by atoms with van der Waals surface area (Å²) in [7, 11) is 0. The van der Waals surface area contributed by atoms with Crippen LogP contribution in [-0.2, 0) is 11.2 Å². The highest BCUT2D eigenvalue weighted by molar-refractivity contribution is 7.73. The van der Waals surface area contributed by atoms with Gasteiger partial charge in [0.1, 0.15) is 0 Å². The fourth-order valence-corrected chi connectivity index (χ4v) is 4.17. The standard InChI is InChI=1S/C14H21N3OS2/c1-9-12(20-14(19)15-9)8-13(18)16-10-4-6-17(7-5-10)11-2-3-11/h10-11H,2-8H2,1H3,(H,15,19)(H,16,18). The number of aromatic amines is 1. The zero-order chi connectivity index (χ0) is 14.1. The topological polar surface area (TPSA) is 48.1 Å². The summed E-state index contributed by atoms with van der Waals surface area (Å²) in [4.78, 5) is 18.8. The van der Waals surface area contributed by atoms with E-state index < -0.39 is 0 Å². The third kappa shape index (κ3) is 3.48. The van der Waals surface area contributed by atoms with E-state index in [2.05, 4.69) is 15.2 Å². The second-order valence-corrected chi connectivity index (χ2v) is 7.62. The SMILES string of the molecule is Cc1[nH]c(=S)sc1CC(=O)NC1CCN(C2CC2)CC1. The van der Waals surface area contributed by atoms with Crippen LogP contribution in [0, 0.1) is 10.9 Å². The van der Waals surface area contributed by atoms with Gasteiger partial charge in [-0.25, -0.2) is 0 Å². The van der Waals surface area contributed by atoms with Crippen molar-refractivity contribution in [2.45, 2.75) is 51.1 Å². The van der Waals surface area contributed by atoms with Gasteiger partial charge in [-0.1, -0.05) is 0 Å². The molecule has 2 fully saturated rings. The van der Waals surface area contributed by atoms with E-state index >= 15 is 0 Å². The van der Waals surface area contributed by atoms with Crippen molar-refractivity contribution >= 4 is 29.5 Å². The maximum atomic E-state index is 12.1. The van der Waals surface area contributed by atoms with E-state index in [-0.39, 0.29) is 5.91 Å². The highest BCUT2D eigenvalue weighted by Gasteiger charge is 2.32. The molecule has 2 N–H and O–H groups in total. The van der Waals surface area contributed by atoms with Gasteiger partial charge in [0, 0.05) is 35.7 Å². The number of aryl methyl sites for hydroxylation is 1. The predicted octanol–water partition coefficient (Wildman–Crippen LogP) is 2.40. The predicted molar refractivity (Wildman–Crippen MR) is 83.7 cm³/mol. The summed E-state index contributed by atoms with van der Waals surface area (Å²) in [6, 6.07) is 1.20. The van der Waals surface area contributed by atoms with Crippen LogP contribution < -0.4 is 5.32 Å². The molecule has 1 aromatic heterocycles. The number of hydrogen-bond acceptors (Lipinski definition) is 4. The minimum Gasteiger partial charge on any atom is -0.353 e. The Morgan fingerprint density at radius 3 is 2.65 bits per heavy atom. The lowest BCUT2D eigenvalue weighted by Crippen LogP contribution is -2.45. The third-order valence-corrected chi connectivity index (χ3v) is 5.54. The highest BCUT2D eigenvalue weighted by Crippen LogP contribution is 2.29. The van der Waals surface area contributed by atoms with Crippen molar-refractivity contribution in [2.24, 2.45) is 0 Å². The van der Waals surface area contributed by atoms with Gasteiger partial charge in [0.15, 0.2) is 3.95 Å². The number of nitrogens with one attached hydrogen (secondary N) is 2. The molecule has 20 heavy (non-hydrogen) atoms. The number of amides is 1. The van der Waals surface area contributed by atoms with Crippen molar-refractivity contribution in [1.29, 1.82) is 0 Å². The van der Waals surface area contributed by atoms with Gasteiger partial charge < -0.3 is 15.2 Å². The molecule has 3 rings (SSSR count). The Balaban J connectivity index is 1.47. The van der Waals surface area contributed by atoms with Crippen molar-refractivity contribution < 1.29 is 4.79 Å². The molecule has 110 valence electrons. The zero-order valence-electron chi connectivity index (χ0n) is 11.8. The Bertz CT molecular complexity index is 539. The van der Waals surface area contributed by atoms with E-state index in [9.17, 15) is 4.79 Å². The summed E-state index contributed by atoms with van der Waals surface area (Å²) >= 11 is 6.61. The van der Waals surface area contributed by atoms with Gasteiger partial charge in [-0.2, -0.15) is 0 Å². The molecule has 2 aliphatic rings. The molecule has 6 heteroatoms. The molecule has 0 atom stereocenters. The van der Waals surface area contributed by atoms with Crippen molar-refractivity contribution in [1.82, 2.24) is 15.2 Å². The van der Waals surface area contributed by atoms with Crippen LogP contribution in [0.2, 0.25) is 0 Å². The van der Waals surface area contributed by atoms with Crippen LogP contribution in [0.1, 0.15) is 36.3 Å². The number of H-pyrrole nitrogens is 1. The van der Waals surface area contributed by atoms with Gasteiger partial charge in [0.05, 0.1) is 6.42 Å². The summed E-state index contributed by atoms with van der Waals surface area (Å²) in [5.74, 6) is 0.128. The molecule has 1 amide bonds. The quantitative estimate of drug-likeness (QED) is 0.840. The van der Waals surface area contributed by atoms with Gasteiger partial charge in [0.25, 0.3) is 0 Å². The molecule has 1 saturated carbocycles. The van der Waals surface area contributed by atoms with Crippen molar-refractivity contribution in [3.8, 4) is 0 Å². The largest absolute Gasteiger partial charge is 0.353 e. The molecule has 1 aliphatic heterocycles. The lowest BCUT2D eigenvalue weighted by molar-refractivity contribution is -0.121. The number of hydrogen-bond donors (Lipinski definition) is 2. The van der Waals surface area contributed by atoms with Gasteiger partial charge in [0.2, 0.25) is 5.91 Å². The first-order chi connectivity index (χ1) is 9.61. The minimum atomic E-state index is 0.128. The van der Waals surface area contributed by atoms with E-state index in [4.69, 9.17) is 12.2 Å². The normalized spacial score (nSPS) is 21.1. The lowest BCUT2D eigenvalue weighted by atomic mass is 10.0.